The van der Waals surface area contributed by atoms with Crippen molar-refractivity contribution in [2.24, 2.45) is 0 Å². The largest absolute Gasteiger partial charge is 0.464 e. The molecule has 4 aromatic rings. The van der Waals surface area contributed by atoms with E-state index in [9.17, 15) is 9.59 Å². The first-order valence-corrected chi connectivity index (χ1v) is 9.04. The number of hydrogen-bond donors (Lipinski definition) is 1. The molecule has 25 heavy (non-hydrogen) atoms. The molecule has 0 aliphatic carbocycles. The molecule has 8 heteroatoms. The lowest BCUT2D eigenvalue weighted by Gasteiger charge is -1.95. The average molecular weight is 369 g/mol. The third-order valence-electron chi connectivity index (χ3n) is 3.65. The predicted molar refractivity (Wildman–Crippen MR) is 96.3 cm³/mol. The standard InChI is InChI=1S/C17H11N3O3S2/c1-23-17(22)13-8-24-15(20-13)12-7-25-16(19-12)14(21)10-6-18-11-5-3-2-4-9(10)11/h2-8,18H,1H3. The number of nitrogens with zero attached hydrogens (tertiary/aromatic N) is 2. The maximum Gasteiger partial charge on any atom is 0.357 e. The van der Waals surface area contributed by atoms with E-state index in [1.54, 1.807) is 17.0 Å². The number of H-pyrrole nitrogens is 1. The number of carbonyl (C=O) groups is 2. The topological polar surface area (TPSA) is 84.9 Å². The smallest absolute Gasteiger partial charge is 0.357 e. The van der Waals surface area contributed by atoms with Crippen molar-refractivity contribution >= 4 is 45.3 Å². The van der Waals surface area contributed by atoms with Crippen LogP contribution in [0.5, 0.6) is 0 Å². The predicted octanol–water partition coefficient (Wildman–Crippen LogP) is 3.77. The van der Waals surface area contributed by atoms with Gasteiger partial charge in [-0.15, -0.1) is 22.7 Å². The van der Waals surface area contributed by atoms with Crippen molar-refractivity contribution in [2.45, 2.75) is 0 Å². The monoisotopic (exact) mass is 369 g/mol. The minimum Gasteiger partial charge on any atom is -0.464 e. The Morgan fingerprint density at radius 2 is 1.96 bits per heavy atom. The Labute approximate surface area is 150 Å². The van der Waals surface area contributed by atoms with E-state index in [2.05, 4.69) is 19.7 Å². The summed E-state index contributed by atoms with van der Waals surface area (Å²) in [5.74, 6) is -0.633. The van der Waals surface area contributed by atoms with Crippen LogP contribution < -0.4 is 0 Å². The minimum atomic E-state index is -0.493. The molecule has 6 nitrogen and oxygen atoms in total. The number of hydrogen-bond acceptors (Lipinski definition) is 7. The second-order valence-corrected chi connectivity index (χ2v) is 6.86. The summed E-state index contributed by atoms with van der Waals surface area (Å²) >= 11 is 2.54. The molecule has 0 saturated heterocycles. The Balaban J connectivity index is 1.66. The van der Waals surface area contributed by atoms with E-state index in [1.165, 1.54) is 29.8 Å². The van der Waals surface area contributed by atoms with Crippen LogP contribution in [0.25, 0.3) is 21.6 Å². The van der Waals surface area contributed by atoms with Gasteiger partial charge in [-0.1, -0.05) is 18.2 Å². The number of ketones is 1. The summed E-state index contributed by atoms with van der Waals surface area (Å²) in [4.78, 5) is 36.0. The van der Waals surface area contributed by atoms with Gasteiger partial charge in [0.1, 0.15) is 10.7 Å². The molecule has 0 atom stereocenters. The number of methoxy groups -OCH3 is 1. The van der Waals surface area contributed by atoms with Crippen molar-refractivity contribution in [1.82, 2.24) is 15.0 Å². The van der Waals surface area contributed by atoms with Gasteiger partial charge in [0.25, 0.3) is 0 Å². The van der Waals surface area contributed by atoms with Crippen LogP contribution in [0.2, 0.25) is 0 Å². The number of carbonyl (C=O) groups excluding carboxylic acids is 2. The normalized spacial score (nSPS) is 10.9. The lowest BCUT2D eigenvalue weighted by molar-refractivity contribution is 0.0595. The molecule has 0 fully saturated rings. The van der Waals surface area contributed by atoms with Crippen LogP contribution in [0, 0.1) is 0 Å². The molecule has 1 aromatic carbocycles. The van der Waals surface area contributed by atoms with E-state index in [-0.39, 0.29) is 11.5 Å². The van der Waals surface area contributed by atoms with Crippen LogP contribution in [0.1, 0.15) is 25.9 Å². The summed E-state index contributed by atoms with van der Waals surface area (Å²) in [6.45, 7) is 0. The molecule has 4 rings (SSSR count). The van der Waals surface area contributed by atoms with E-state index < -0.39 is 5.97 Å². The zero-order chi connectivity index (χ0) is 17.4. The fraction of sp³-hybridized carbons (Fsp3) is 0.0588. The summed E-state index contributed by atoms with van der Waals surface area (Å²) < 4.78 is 4.65. The number of thiazole rings is 2. The average Bonchev–Trinajstić information content (AvgIpc) is 3.38. The van der Waals surface area contributed by atoms with Crippen molar-refractivity contribution in [1.29, 1.82) is 0 Å². The Bertz CT molecular complexity index is 1090. The van der Waals surface area contributed by atoms with Crippen LogP contribution in [-0.4, -0.2) is 33.8 Å². The van der Waals surface area contributed by atoms with Gasteiger partial charge in [0, 0.05) is 27.9 Å². The molecule has 1 N–H and O–H groups in total. The Hall–Kier alpha value is -2.84. The minimum absolute atomic E-state index is 0.140. The fourth-order valence-corrected chi connectivity index (χ4v) is 4.02. The van der Waals surface area contributed by atoms with Gasteiger partial charge in [0.05, 0.1) is 12.7 Å². The molecular weight excluding hydrogens is 358 g/mol. The highest BCUT2D eigenvalue weighted by Gasteiger charge is 2.19. The van der Waals surface area contributed by atoms with Crippen molar-refractivity contribution in [3.05, 3.63) is 57.5 Å². The summed E-state index contributed by atoms with van der Waals surface area (Å²) in [6, 6.07) is 7.63. The lowest BCUT2D eigenvalue weighted by Crippen LogP contribution is -2.01. The van der Waals surface area contributed by atoms with E-state index in [4.69, 9.17) is 0 Å². The van der Waals surface area contributed by atoms with E-state index in [0.29, 0.717) is 21.3 Å². The molecule has 0 aliphatic rings. The van der Waals surface area contributed by atoms with Gasteiger partial charge in [-0.3, -0.25) is 4.79 Å². The quantitative estimate of drug-likeness (QED) is 0.437. The van der Waals surface area contributed by atoms with Crippen LogP contribution in [0.4, 0.5) is 0 Å². The first-order chi connectivity index (χ1) is 12.2. The second kappa shape index (κ2) is 6.23. The SMILES string of the molecule is COC(=O)c1csc(-c2csc(C(=O)c3c[nH]c4ccccc34)n2)n1. The number of nitrogens with one attached hydrogen (secondary N) is 1. The van der Waals surface area contributed by atoms with Crippen molar-refractivity contribution < 1.29 is 14.3 Å². The first-order valence-electron chi connectivity index (χ1n) is 7.28. The van der Waals surface area contributed by atoms with E-state index in [1.807, 2.05) is 24.3 Å². The maximum atomic E-state index is 12.8. The number of rotatable bonds is 4. The number of esters is 1. The summed E-state index contributed by atoms with van der Waals surface area (Å²) in [5, 5.41) is 5.21. The van der Waals surface area contributed by atoms with Gasteiger partial charge >= 0.3 is 5.97 Å². The Morgan fingerprint density at radius 3 is 2.80 bits per heavy atom. The molecule has 3 aromatic heterocycles. The number of benzene rings is 1. The molecule has 0 spiro atoms. The van der Waals surface area contributed by atoms with Gasteiger partial charge in [-0.25, -0.2) is 14.8 Å². The maximum absolute atomic E-state index is 12.8. The highest BCUT2D eigenvalue weighted by Crippen LogP contribution is 2.28. The van der Waals surface area contributed by atoms with Crippen LogP contribution in [0.3, 0.4) is 0 Å². The molecule has 0 radical (unpaired) electrons. The van der Waals surface area contributed by atoms with Gasteiger partial charge < -0.3 is 9.72 Å². The highest BCUT2D eigenvalue weighted by molar-refractivity contribution is 7.15. The van der Waals surface area contributed by atoms with Gasteiger partial charge in [0.2, 0.25) is 5.78 Å². The van der Waals surface area contributed by atoms with Crippen molar-refractivity contribution in [3.63, 3.8) is 0 Å². The van der Waals surface area contributed by atoms with Crippen LogP contribution in [-0.2, 0) is 4.74 Å². The number of para-hydroxylation sites is 1. The molecule has 0 unspecified atom stereocenters. The second-order valence-electron chi connectivity index (χ2n) is 5.14. The molecule has 124 valence electrons. The molecular formula is C17H11N3O3S2. The Morgan fingerprint density at radius 1 is 1.12 bits per heavy atom. The summed E-state index contributed by atoms with van der Waals surface area (Å²) in [6.07, 6.45) is 1.70. The summed E-state index contributed by atoms with van der Waals surface area (Å²) in [7, 11) is 1.31. The summed E-state index contributed by atoms with van der Waals surface area (Å²) in [5.41, 5.74) is 2.31. The molecule has 0 bridgehead atoms. The number of aromatic nitrogens is 3. The number of aromatic amines is 1. The zero-order valence-electron chi connectivity index (χ0n) is 13.0. The highest BCUT2D eigenvalue weighted by atomic mass is 32.1. The van der Waals surface area contributed by atoms with Crippen LogP contribution in [0.15, 0.2) is 41.2 Å². The molecule has 0 amide bonds. The lowest BCUT2D eigenvalue weighted by atomic mass is 10.1. The van der Waals surface area contributed by atoms with Crippen molar-refractivity contribution in [3.8, 4) is 10.7 Å². The zero-order valence-corrected chi connectivity index (χ0v) is 14.6. The van der Waals surface area contributed by atoms with E-state index >= 15 is 0 Å². The van der Waals surface area contributed by atoms with Crippen molar-refractivity contribution in [2.75, 3.05) is 7.11 Å². The van der Waals surface area contributed by atoms with Gasteiger partial charge in [-0.05, 0) is 6.07 Å². The van der Waals surface area contributed by atoms with Gasteiger partial charge in [0.15, 0.2) is 10.7 Å². The number of ether oxygens (including phenoxy) is 1. The van der Waals surface area contributed by atoms with Gasteiger partial charge in [-0.2, -0.15) is 0 Å². The first kappa shape index (κ1) is 15.7. The fourth-order valence-electron chi connectivity index (χ4n) is 2.44. The molecule has 3 heterocycles. The third-order valence-corrected chi connectivity index (χ3v) is 5.36. The molecule has 0 saturated carbocycles. The van der Waals surface area contributed by atoms with E-state index in [0.717, 1.165) is 10.9 Å². The third kappa shape index (κ3) is 2.75. The Kier molecular flexibility index (Phi) is 3.90. The molecule has 0 aliphatic heterocycles. The number of fused-ring (bicyclic) bond motifs is 1. The van der Waals surface area contributed by atoms with Crippen LogP contribution >= 0.6 is 22.7 Å².